The summed E-state index contributed by atoms with van der Waals surface area (Å²) in [6.45, 7) is 3.94. The Hall–Kier alpha value is -1.47. The van der Waals surface area contributed by atoms with E-state index in [0.717, 1.165) is 0 Å². The van der Waals surface area contributed by atoms with Crippen LogP contribution >= 0.6 is 0 Å². The first kappa shape index (κ1) is 16.4. The maximum absolute atomic E-state index is 11.9. The first-order valence-electron chi connectivity index (χ1n) is 7.76. The van der Waals surface area contributed by atoms with Crippen LogP contribution in [0, 0.1) is 0 Å². The molecule has 0 aliphatic carbocycles. The van der Waals surface area contributed by atoms with Crippen LogP contribution < -0.4 is 0 Å². The van der Waals surface area contributed by atoms with Crippen LogP contribution in [0.15, 0.2) is 30.3 Å². The summed E-state index contributed by atoms with van der Waals surface area (Å²) in [5, 5.41) is 0. The highest BCUT2D eigenvalue weighted by Gasteiger charge is 2.54. The van der Waals surface area contributed by atoms with Gasteiger partial charge in [0.05, 0.1) is 18.3 Å². The van der Waals surface area contributed by atoms with E-state index >= 15 is 0 Å². The lowest BCUT2D eigenvalue weighted by atomic mass is 10.1. The number of hydrogen-bond donors (Lipinski definition) is 0. The highest BCUT2D eigenvalue weighted by Crippen LogP contribution is 2.39. The normalized spacial score (nSPS) is 31.8. The number of hydrogen-bond acceptors (Lipinski definition) is 6. The van der Waals surface area contributed by atoms with Crippen LogP contribution in [0.5, 0.6) is 0 Å². The van der Waals surface area contributed by atoms with E-state index in [-0.39, 0.29) is 30.9 Å². The summed E-state index contributed by atoms with van der Waals surface area (Å²) >= 11 is 0. The Morgan fingerprint density at radius 3 is 2.65 bits per heavy atom. The molecular weight excluding hydrogens is 300 g/mol. The van der Waals surface area contributed by atoms with Crippen molar-refractivity contribution in [2.24, 2.45) is 0 Å². The molecule has 0 radical (unpaired) electrons. The zero-order valence-corrected chi connectivity index (χ0v) is 13.6. The number of carbonyl (C=O) groups is 1. The third-order valence-corrected chi connectivity index (χ3v) is 4.00. The van der Waals surface area contributed by atoms with E-state index in [9.17, 15) is 4.79 Å². The van der Waals surface area contributed by atoms with Crippen LogP contribution in [0.1, 0.15) is 30.6 Å². The van der Waals surface area contributed by atoms with Crippen molar-refractivity contribution < 1.29 is 28.5 Å². The molecule has 2 aliphatic rings. The van der Waals surface area contributed by atoms with Gasteiger partial charge in [0.25, 0.3) is 0 Å². The van der Waals surface area contributed by atoms with E-state index in [1.165, 1.54) is 0 Å². The van der Waals surface area contributed by atoms with Gasteiger partial charge in [-0.25, -0.2) is 4.79 Å². The molecule has 0 bridgehead atoms. The van der Waals surface area contributed by atoms with Gasteiger partial charge in [0, 0.05) is 13.5 Å². The van der Waals surface area contributed by atoms with Crippen molar-refractivity contribution in [1.82, 2.24) is 0 Å². The second-order valence-electron chi connectivity index (χ2n) is 6.13. The maximum Gasteiger partial charge on any atom is 0.338 e. The molecule has 4 atom stereocenters. The largest absolute Gasteiger partial charge is 0.462 e. The average Bonchev–Trinajstić information content (AvgIpc) is 2.98. The number of benzene rings is 1. The lowest BCUT2D eigenvalue weighted by molar-refractivity contribution is -0.217. The fraction of sp³-hybridized carbons (Fsp3) is 0.588. The first-order chi connectivity index (χ1) is 11.0. The molecule has 6 heteroatoms. The predicted molar refractivity (Wildman–Crippen MR) is 80.8 cm³/mol. The van der Waals surface area contributed by atoms with Gasteiger partial charge in [-0.2, -0.15) is 0 Å². The summed E-state index contributed by atoms with van der Waals surface area (Å²) < 4.78 is 28.2. The molecule has 2 aliphatic heterocycles. The Morgan fingerprint density at radius 1 is 1.22 bits per heavy atom. The highest BCUT2D eigenvalue weighted by atomic mass is 16.8. The van der Waals surface area contributed by atoms with Gasteiger partial charge in [-0.05, 0) is 26.0 Å². The van der Waals surface area contributed by atoms with Crippen molar-refractivity contribution in [1.29, 1.82) is 0 Å². The number of methoxy groups -OCH3 is 1. The standard InChI is InChI=1S/C17H22O6/c1-17(2)22-14-13(19-3)12(21-16(14)23-17)9-10-20-15(18)11-7-5-4-6-8-11/h4-8,12-14,16H,9-10H2,1-3H3/t12-,13-,14-,16-/m1/s1. The van der Waals surface area contributed by atoms with E-state index in [2.05, 4.69) is 0 Å². The van der Waals surface area contributed by atoms with Gasteiger partial charge < -0.3 is 23.7 Å². The summed E-state index contributed by atoms with van der Waals surface area (Å²) in [6.07, 6.45) is -0.640. The van der Waals surface area contributed by atoms with Gasteiger partial charge in [0.2, 0.25) is 0 Å². The molecule has 0 unspecified atom stereocenters. The van der Waals surface area contributed by atoms with E-state index in [1.807, 2.05) is 19.9 Å². The lowest BCUT2D eigenvalue weighted by Gasteiger charge is -2.24. The minimum Gasteiger partial charge on any atom is -0.462 e. The fourth-order valence-electron chi connectivity index (χ4n) is 2.99. The molecule has 6 nitrogen and oxygen atoms in total. The number of fused-ring (bicyclic) bond motifs is 1. The SMILES string of the molecule is CO[C@H]1[C@H]2OC(C)(C)O[C@H]2O[C@@H]1CCOC(=O)c1ccccc1. The van der Waals surface area contributed by atoms with Crippen molar-refractivity contribution in [3.05, 3.63) is 35.9 Å². The van der Waals surface area contributed by atoms with Gasteiger partial charge in [-0.3, -0.25) is 0 Å². The molecule has 0 aromatic heterocycles. The predicted octanol–water partition coefficient (Wildman–Crippen LogP) is 2.12. The van der Waals surface area contributed by atoms with Gasteiger partial charge in [0.1, 0.15) is 12.2 Å². The Balaban J connectivity index is 1.50. The van der Waals surface area contributed by atoms with Gasteiger partial charge in [-0.1, -0.05) is 18.2 Å². The minimum atomic E-state index is -0.670. The quantitative estimate of drug-likeness (QED) is 0.774. The second-order valence-corrected chi connectivity index (χ2v) is 6.13. The first-order valence-corrected chi connectivity index (χ1v) is 7.76. The molecule has 0 N–H and O–H groups in total. The molecule has 0 saturated carbocycles. The van der Waals surface area contributed by atoms with Gasteiger partial charge in [-0.15, -0.1) is 0 Å². The van der Waals surface area contributed by atoms with Crippen molar-refractivity contribution in [3.8, 4) is 0 Å². The zero-order chi connectivity index (χ0) is 16.4. The summed E-state index contributed by atoms with van der Waals surface area (Å²) in [7, 11) is 1.62. The van der Waals surface area contributed by atoms with Crippen LogP contribution in [-0.4, -0.2) is 50.1 Å². The van der Waals surface area contributed by atoms with Crippen molar-refractivity contribution in [3.63, 3.8) is 0 Å². The topological polar surface area (TPSA) is 63.2 Å². The summed E-state index contributed by atoms with van der Waals surface area (Å²) in [5.74, 6) is -1.01. The molecule has 2 saturated heterocycles. The summed E-state index contributed by atoms with van der Waals surface area (Å²) in [5.41, 5.74) is 0.536. The number of ether oxygens (including phenoxy) is 5. The van der Waals surface area contributed by atoms with Crippen molar-refractivity contribution in [2.75, 3.05) is 13.7 Å². The molecule has 1 aromatic carbocycles. The number of carbonyl (C=O) groups excluding carboxylic acids is 1. The molecule has 126 valence electrons. The van der Waals surface area contributed by atoms with Crippen LogP contribution in [0.4, 0.5) is 0 Å². The highest BCUT2D eigenvalue weighted by molar-refractivity contribution is 5.89. The van der Waals surface area contributed by atoms with Crippen molar-refractivity contribution >= 4 is 5.97 Å². The van der Waals surface area contributed by atoms with Crippen LogP contribution in [-0.2, 0) is 23.7 Å². The molecular formula is C17H22O6. The Kier molecular flexibility index (Phi) is 4.68. The molecule has 3 rings (SSSR count). The molecule has 2 fully saturated rings. The molecule has 2 heterocycles. The van der Waals surface area contributed by atoms with E-state index in [1.54, 1.807) is 31.4 Å². The van der Waals surface area contributed by atoms with Crippen LogP contribution in [0.3, 0.4) is 0 Å². The smallest absolute Gasteiger partial charge is 0.338 e. The lowest BCUT2D eigenvalue weighted by Crippen LogP contribution is -2.36. The van der Waals surface area contributed by atoms with Gasteiger partial charge >= 0.3 is 5.97 Å². The monoisotopic (exact) mass is 322 g/mol. The Morgan fingerprint density at radius 2 is 1.96 bits per heavy atom. The molecule has 23 heavy (non-hydrogen) atoms. The third kappa shape index (κ3) is 3.55. The maximum atomic E-state index is 11.9. The van der Waals surface area contributed by atoms with E-state index < -0.39 is 12.1 Å². The second kappa shape index (κ2) is 6.57. The molecule has 0 spiro atoms. The molecule has 1 aromatic rings. The third-order valence-electron chi connectivity index (χ3n) is 4.00. The Bertz CT molecular complexity index is 543. The van der Waals surface area contributed by atoms with Crippen molar-refractivity contribution in [2.45, 2.75) is 50.7 Å². The molecule has 0 amide bonds. The van der Waals surface area contributed by atoms with Gasteiger partial charge in [0.15, 0.2) is 12.1 Å². The van der Waals surface area contributed by atoms with Crippen LogP contribution in [0.2, 0.25) is 0 Å². The number of esters is 1. The Labute approximate surface area is 135 Å². The zero-order valence-electron chi connectivity index (χ0n) is 13.6. The van der Waals surface area contributed by atoms with E-state index in [4.69, 9.17) is 23.7 Å². The van der Waals surface area contributed by atoms with E-state index in [0.29, 0.717) is 12.0 Å². The number of rotatable bonds is 5. The van der Waals surface area contributed by atoms with Crippen LogP contribution in [0.25, 0.3) is 0 Å². The summed E-state index contributed by atoms with van der Waals surface area (Å²) in [4.78, 5) is 11.9. The average molecular weight is 322 g/mol. The fourth-order valence-corrected chi connectivity index (χ4v) is 2.99. The summed E-state index contributed by atoms with van der Waals surface area (Å²) in [6, 6.07) is 8.90. The minimum absolute atomic E-state index is 0.227.